The normalized spacial score (nSPS) is 15.4. The zero-order valence-electron chi connectivity index (χ0n) is 11.0. The van der Waals surface area contributed by atoms with Gasteiger partial charge in [0.25, 0.3) is 3.91 Å². The minimum atomic E-state index is -0.0963. The lowest BCUT2D eigenvalue weighted by Gasteiger charge is -2.12. The van der Waals surface area contributed by atoms with Gasteiger partial charge in [0.15, 0.2) is 0 Å². The van der Waals surface area contributed by atoms with Crippen LogP contribution in [0.15, 0.2) is 0 Å². The number of hydrogen-bond acceptors (Lipinski definition) is 4. The van der Waals surface area contributed by atoms with Crippen LogP contribution in [-0.2, 0) is 14.3 Å². The van der Waals surface area contributed by atoms with E-state index in [1.54, 1.807) is 22.6 Å². The van der Waals surface area contributed by atoms with Crippen molar-refractivity contribution in [3.8, 4) is 0 Å². The first-order chi connectivity index (χ1) is 9.18. The Hall–Kier alpha value is -0.410. The second-order valence-electron chi connectivity index (χ2n) is 4.41. The summed E-state index contributed by atoms with van der Waals surface area (Å²) in [6, 6.07) is 0.337. The third-order valence-corrected chi connectivity index (χ3v) is 3.22. The lowest BCUT2D eigenvalue weighted by molar-refractivity contribution is -0.126. The monoisotopic (exact) mass is 384 g/mol. The molecule has 1 saturated carbocycles. The minimum absolute atomic E-state index is 0.0518. The van der Waals surface area contributed by atoms with Gasteiger partial charge in [-0.2, -0.15) is 0 Å². The van der Waals surface area contributed by atoms with Crippen molar-refractivity contribution < 1.29 is 19.1 Å². The van der Waals surface area contributed by atoms with Gasteiger partial charge >= 0.3 is 0 Å². The second kappa shape index (κ2) is 10.4. The summed E-state index contributed by atoms with van der Waals surface area (Å²) in [5, 5.41) is 5.56. The van der Waals surface area contributed by atoms with Crippen molar-refractivity contribution in [3.63, 3.8) is 0 Å². The summed E-state index contributed by atoms with van der Waals surface area (Å²) in [6.07, 6.45) is 4.57. The van der Waals surface area contributed by atoms with Gasteiger partial charge in [-0.15, -0.1) is 0 Å². The molecule has 1 aliphatic carbocycles. The summed E-state index contributed by atoms with van der Waals surface area (Å²) in [5.41, 5.74) is 0. The molecule has 0 aliphatic heterocycles. The van der Waals surface area contributed by atoms with E-state index in [9.17, 15) is 9.59 Å². The van der Waals surface area contributed by atoms with Crippen LogP contribution in [0.2, 0.25) is 0 Å². The van der Waals surface area contributed by atoms with Crippen molar-refractivity contribution in [1.29, 1.82) is 0 Å². The van der Waals surface area contributed by atoms with Crippen molar-refractivity contribution >= 4 is 32.4 Å². The number of halogens is 1. The number of amides is 2. The Morgan fingerprint density at radius 3 is 2.47 bits per heavy atom. The number of hydrogen-bond donors (Lipinski definition) is 2. The van der Waals surface area contributed by atoms with E-state index < -0.39 is 0 Å². The first kappa shape index (κ1) is 16.6. The second-order valence-corrected chi connectivity index (χ2v) is 5.39. The van der Waals surface area contributed by atoms with Gasteiger partial charge in [0.1, 0.15) is 6.61 Å². The van der Waals surface area contributed by atoms with Gasteiger partial charge in [0, 0.05) is 35.2 Å². The molecule has 6 nitrogen and oxygen atoms in total. The van der Waals surface area contributed by atoms with Crippen molar-refractivity contribution in [1.82, 2.24) is 10.6 Å². The molecule has 0 spiro atoms. The largest absolute Gasteiger partial charge is 0.377 e. The molecule has 1 aliphatic rings. The number of carbonyl (C=O) groups excluding carboxylic acids is 2. The fourth-order valence-corrected chi connectivity index (χ4v) is 2.22. The predicted octanol–water partition coefficient (Wildman–Crippen LogP) is 1.22. The van der Waals surface area contributed by atoms with Gasteiger partial charge in [-0.25, -0.2) is 0 Å². The fraction of sp³-hybridized carbons (Fsp3) is 0.833. The number of rotatable bonds is 9. The average molecular weight is 384 g/mol. The quantitative estimate of drug-likeness (QED) is 0.271. The van der Waals surface area contributed by atoms with Crippen LogP contribution in [0.25, 0.3) is 0 Å². The predicted molar refractivity (Wildman–Crippen MR) is 79.5 cm³/mol. The van der Waals surface area contributed by atoms with Crippen LogP contribution in [0.3, 0.4) is 0 Å². The summed E-state index contributed by atoms with van der Waals surface area (Å²) in [6.45, 7) is 1.84. The zero-order valence-corrected chi connectivity index (χ0v) is 13.1. The van der Waals surface area contributed by atoms with Crippen LogP contribution in [0.1, 0.15) is 25.7 Å². The Balaban J connectivity index is 1.84. The molecule has 0 aromatic carbocycles. The molecular formula is C12H21IN2O4. The molecule has 0 unspecified atom stereocenters. The molecule has 1 fully saturated rings. The number of ether oxygens (including phenoxy) is 2. The van der Waals surface area contributed by atoms with E-state index in [2.05, 4.69) is 10.6 Å². The Kier molecular flexibility index (Phi) is 9.10. The maximum Gasteiger partial charge on any atom is 0.280 e. The molecule has 7 heteroatoms. The Labute approximate surface area is 127 Å². The molecule has 0 aromatic rings. The molecule has 19 heavy (non-hydrogen) atoms. The molecule has 1 rings (SSSR count). The standard InChI is InChI=1S/C12H21IN2O4/c13-12(17)14-5-6-18-7-8-19-9-11(16)15-10-3-1-2-4-10/h10H,1-9H2,(H,14,17)(H,15,16). The van der Waals surface area contributed by atoms with Crippen molar-refractivity contribution in [2.45, 2.75) is 31.7 Å². The van der Waals surface area contributed by atoms with Crippen molar-refractivity contribution in [3.05, 3.63) is 0 Å². The summed E-state index contributed by atoms with van der Waals surface area (Å²) < 4.78 is 10.3. The first-order valence-corrected chi connectivity index (χ1v) is 7.64. The van der Waals surface area contributed by atoms with Crippen LogP contribution in [0, 0.1) is 0 Å². The smallest absolute Gasteiger partial charge is 0.280 e. The van der Waals surface area contributed by atoms with Crippen LogP contribution in [-0.4, -0.2) is 48.8 Å². The summed E-state index contributed by atoms with van der Waals surface area (Å²) in [4.78, 5) is 22.0. The van der Waals surface area contributed by atoms with Crippen LogP contribution in [0.4, 0.5) is 4.79 Å². The highest BCUT2D eigenvalue weighted by Gasteiger charge is 2.16. The molecule has 2 amide bonds. The van der Waals surface area contributed by atoms with Crippen LogP contribution >= 0.6 is 22.6 Å². The highest BCUT2D eigenvalue weighted by atomic mass is 127. The lowest BCUT2D eigenvalue weighted by Crippen LogP contribution is -2.35. The van der Waals surface area contributed by atoms with Crippen LogP contribution in [0.5, 0.6) is 0 Å². The van der Waals surface area contributed by atoms with Gasteiger partial charge in [-0.3, -0.25) is 9.59 Å². The average Bonchev–Trinajstić information content (AvgIpc) is 2.85. The van der Waals surface area contributed by atoms with Crippen molar-refractivity contribution in [2.75, 3.05) is 33.0 Å². The highest BCUT2D eigenvalue weighted by molar-refractivity contribution is 14.1. The summed E-state index contributed by atoms with van der Waals surface area (Å²) in [5.74, 6) is -0.0518. The summed E-state index contributed by atoms with van der Waals surface area (Å²) >= 11 is 1.67. The van der Waals surface area contributed by atoms with E-state index in [4.69, 9.17) is 9.47 Å². The molecular weight excluding hydrogens is 363 g/mol. The number of carbonyl (C=O) groups is 2. The first-order valence-electron chi connectivity index (χ1n) is 6.56. The van der Waals surface area contributed by atoms with E-state index in [0.29, 0.717) is 32.4 Å². The Morgan fingerprint density at radius 1 is 1.11 bits per heavy atom. The Morgan fingerprint density at radius 2 is 1.79 bits per heavy atom. The topological polar surface area (TPSA) is 76.7 Å². The molecule has 0 atom stereocenters. The van der Waals surface area contributed by atoms with Crippen molar-refractivity contribution in [2.24, 2.45) is 0 Å². The zero-order chi connectivity index (χ0) is 13.9. The van der Waals surface area contributed by atoms with E-state index >= 15 is 0 Å². The summed E-state index contributed by atoms with van der Waals surface area (Å²) in [7, 11) is 0. The SMILES string of the molecule is O=C(I)NCCOCCOCC(=O)NC1CCCC1. The van der Waals surface area contributed by atoms with Gasteiger partial charge in [-0.05, 0) is 12.8 Å². The molecule has 0 radical (unpaired) electrons. The third kappa shape index (κ3) is 9.17. The van der Waals surface area contributed by atoms with E-state index in [0.717, 1.165) is 12.8 Å². The van der Waals surface area contributed by atoms with E-state index in [1.165, 1.54) is 12.8 Å². The van der Waals surface area contributed by atoms with E-state index in [1.807, 2.05) is 0 Å². The fourth-order valence-electron chi connectivity index (χ4n) is 1.95. The highest BCUT2D eigenvalue weighted by Crippen LogP contribution is 2.17. The third-order valence-electron chi connectivity index (χ3n) is 2.84. The number of nitrogens with one attached hydrogen (secondary N) is 2. The maximum absolute atomic E-state index is 11.5. The van der Waals surface area contributed by atoms with Gasteiger partial charge in [0.2, 0.25) is 5.91 Å². The minimum Gasteiger partial charge on any atom is -0.377 e. The molecule has 0 saturated heterocycles. The Bertz CT molecular complexity index is 283. The van der Waals surface area contributed by atoms with Gasteiger partial charge in [0.05, 0.1) is 19.8 Å². The molecule has 0 heterocycles. The molecule has 110 valence electrons. The van der Waals surface area contributed by atoms with Crippen LogP contribution < -0.4 is 10.6 Å². The van der Waals surface area contributed by atoms with Gasteiger partial charge in [-0.1, -0.05) is 12.8 Å². The van der Waals surface area contributed by atoms with E-state index in [-0.39, 0.29) is 16.4 Å². The molecule has 2 N–H and O–H groups in total. The molecule has 0 bridgehead atoms. The van der Waals surface area contributed by atoms with Gasteiger partial charge < -0.3 is 20.1 Å². The molecule has 0 aromatic heterocycles. The lowest BCUT2D eigenvalue weighted by atomic mass is 10.2. The maximum atomic E-state index is 11.5.